The Morgan fingerprint density at radius 3 is 0.986 bits per heavy atom. The summed E-state index contributed by atoms with van der Waals surface area (Å²) in [5.74, 6) is -0.0460. The second-order valence-electron chi connectivity index (χ2n) is 21.8. The maximum Gasteiger partial charge on any atom is 0.305 e. The van der Waals surface area contributed by atoms with Crippen LogP contribution >= 0.6 is 0 Å². The van der Waals surface area contributed by atoms with Crippen molar-refractivity contribution in [3.8, 4) is 0 Å². The average molecular weight is 975 g/mol. The molecule has 0 heterocycles. The molecule has 0 radical (unpaired) electrons. The molecule has 0 saturated carbocycles. The molecular weight excluding hydrogens is 851 g/mol. The van der Waals surface area contributed by atoms with Crippen molar-refractivity contribution in [2.75, 3.05) is 13.2 Å². The molecule has 2 unspecified atom stereocenters. The van der Waals surface area contributed by atoms with Crippen LogP contribution in [0.4, 0.5) is 0 Å². The second-order valence-corrected chi connectivity index (χ2v) is 21.8. The van der Waals surface area contributed by atoms with Crippen LogP contribution in [-0.4, -0.2) is 47.4 Å². The number of hydrogen-bond acceptors (Lipinski definition) is 5. The first-order valence-electron chi connectivity index (χ1n) is 31.5. The van der Waals surface area contributed by atoms with Gasteiger partial charge >= 0.3 is 5.97 Å². The number of nitrogens with one attached hydrogen (secondary N) is 1. The van der Waals surface area contributed by atoms with E-state index in [1.54, 1.807) is 6.08 Å². The van der Waals surface area contributed by atoms with Crippen LogP contribution in [-0.2, 0) is 14.3 Å². The van der Waals surface area contributed by atoms with E-state index in [0.717, 1.165) is 38.5 Å². The zero-order valence-electron chi connectivity index (χ0n) is 46.8. The third-order valence-corrected chi connectivity index (χ3v) is 14.8. The molecule has 0 rings (SSSR count). The fourth-order valence-corrected chi connectivity index (χ4v) is 9.99. The number of unbranched alkanes of at least 4 members (excludes halogenated alkanes) is 48. The number of aliphatic hydroxyl groups is 2. The molecule has 0 aromatic carbocycles. The van der Waals surface area contributed by atoms with Crippen molar-refractivity contribution in [3.63, 3.8) is 0 Å². The lowest BCUT2D eigenvalue weighted by Crippen LogP contribution is -2.45. The molecule has 0 aromatic heterocycles. The quantitative estimate of drug-likeness (QED) is 0.0321. The molecule has 0 bridgehead atoms. The normalized spacial score (nSPS) is 12.6. The van der Waals surface area contributed by atoms with Gasteiger partial charge in [0, 0.05) is 12.8 Å². The Labute approximate surface area is 431 Å². The molecule has 0 aromatic rings. The van der Waals surface area contributed by atoms with Gasteiger partial charge in [-0.3, -0.25) is 9.59 Å². The highest BCUT2D eigenvalue weighted by Gasteiger charge is 2.18. The van der Waals surface area contributed by atoms with Gasteiger partial charge in [-0.15, -0.1) is 0 Å². The average Bonchev–Trinajstić information content (AvgIpc) is 3.35. The lowest BCUT2D eigenvalue weighted by molar-refractivity contribution is -0.143. The summed E-state index contributed by atoms with van der Waals surface area (Å²) in [7, 11) is 0. The SMILES string of the molecule is CCCCCCCCCCC/C=C/C(O)C(CO)NC(=O)CCCCCCCCCCCCCCCCCCCCCCCCCCCOC(=O)CCCCCCCCCCCCCCCCCC. The summed E-state index contributed by atoms with van der Waals surface area (Å²) in [5, 5.41) is 23.0. The molecule has 6 heteroatoms. The first kappa shape index (κ1) is 67.6. The molecule has 1 amide bonds. The van der Waals surface area contributed by atoms with E-state index in [4.69, 9.17) is 4.74 Å². The molecule has 0 aliphatic carbocycles. The fourth-order valence-electron chi connectivity index (χ4n) is 9.99. The van der Waals surface area contributed by atoms with Crippen molar-refractivity contribution in [2.24, 2.45) is 0 Å². The Kier molecular flexibility index (Phi) is 58.0. The van der Waals surface area contributed by atoms with E-state index >= 15 is 0 Å². The van der Waals surface area contributed by atoms with E-state index in [2.05, 4.69) is 19.2 Å². The van der Waals surface area contributed by atoms with Gasteiger partial charge in [0.25, 0.3) is 0 Å². The monoisotopic (exact) mass is 974 g/mol. The Hall–Kier alpha value is -1.40. The minimum Gasteiger partial charge on any atom is -0.466 e. The summed E-state index contributed by atoms with van der Waals surface area (Å²) in [6.45, 7) is 4.92. The molecule has 6 nitrogen and oxygen atoms in total. The van der Waals surface area contributed by atoms with Crippen LogP contribution in [0.2, 0.25) is 0 Å². The maximum absolute atomic E-state index is 12.4. The van der Waals surface area contributed by atoms with Gasteiger partial charge in [-0.05, 0) is 32.1 Å². The second kappa shape index (κ2) is 59.2. The zero-order chi connectivity index (χ0) is 50.0. The molecule has 0 fully saturated rings. The summed E-state index contributed by atoms with van der Waals surface area (Å²) >= 11 is 0. The van der Waals surface area contributed by atoms with Crippen molar-refractivity contribution in [1.82, 2.24) is 5.32 Å². The molecule has 410 valence electrons. The minimum atomic E-state index is -0.841. The largest absolute Gasteiger partial charge is 0.466 e. The molecule has 2 atom stereocenters. The smallest absolute Gasteiger partial charge is 0.305 e. The first-order chi connectivity index (χ1) is 34.0. The van der Waals surface area contributed by atoms with Gasteiger partial charge in [0.2, 0.25) is 5.91 Å². The van der Waals surface area contributed by atoms with E-state index in [1.165, 1.54) is 289 Å². The number of rotatable bonds is 59. The van der Waals surface area contributed by atoms with Crippen molar-refractivity contribution < 1.29 is 24.5 Å². The predicted octanol–water partition coefficient (Wildman–Crippen LogP) is 19.6. The fraction of sp³-hybridized carbons (Fsp3) is 0.937. The molecule has 69 heavy (non-hydrogen) atoms. The van der Waals surface area contributed by atoms with E-state index in [1.807, 2.05) is 6.08 Å². The van der Waals surface area contributed by atoms with Crippen LogP contribution < -0.4 is 5.32 Å². The number of carbonyl (C=O) groups excluding carboxylic acids is 2. The van der Waals surface area contributed by atoms with Gasteiger partial charge < -0.3 is 20.3 Å². The van der Waals surface area contributed by atoms with Crippen LogP contribution in [0.5, 0.6) is 0 Å². The molecular formula is C63H123NO5. The molecule has 3 N–H and O–H groups in total. The minimum absolute atomic E-state index is 0.0199. The van der Waals surface area contributed by atoms with Gasteiger partial charge in [-0.25, -0.2) is 0 Å². The predicted molar refractivity (Wildman–Crippen MR) is 301 cm³/mol. The van der Waals surface area contributed by atoms with Gasteiger partial charge in [-0.2, -0.15) is 0 Å². The maximum atomic E-state index is 12.4. The molecule has 0 aliphatic heterocycles. The Morgan fingerprint density at radius 2 is 0.667 bits per heavy atom. The number of amides is 1. The number of hydrogen-bond donors (Lipinski definition) is 3. The van der Waals surface area contributed by atoms with Gasteiger partial charge in [-0.1, -0.05) is 321 Å². The number of esters is 1. The van der Waals surface area contributed by atoms with Crippen LogP contribution in [0.25, 0.3) is 0 Å². The summed E-state index contributed by atoms with van der Waals surface area (Å²) in [4.78, 5) is 24.5. The Morgan fingerprint density at radius 1 is 0.391 bits per heavy atom. The highest BCUT2D eigenvalue weighted by Crippen LogP contribution is 2.18. The standard InChI is InChI=1S/C63H123NO5/c1-3-5-7-9-11-13-15-16-17-30-33-37-41-45-49-53-57-63(68)69-58-54-50-46-42-38-34-31-28-26-24-22-20-18-19-21-23-25-27-29-32-36-40-44-48-52-56-62(67)64-60(59-65)61(66)55-51-47-43-39-35-14-12-10-8-6-4-2/h51,55,60-61,65-66H,3-50,52-54,56-59H2,1-2H3,(H,64,67)/b55-51+. The van der Waals surface area contributed by atoms with E-state index in [9.17, 15) is 19.8 Å². The van der Waals surface area contributed by atoms with Crippen molar-refractivity contribution in [3.05, 3.63) is 12.2 Å². The Bertz CT molecular complexity index is 1030. The van der Waals surface area contributed by atoms with Crippen molar-refractivity contribution in [1.29, 1.82) is 0 Å². The Balaban J connectivity index is 3.33. The lowest BCUT2D eigenvalue weighted by atomic mass is 10.0. The zero-order valence-corrected chi connectivity index (χ0v) is 46.8. The highest BCUT2D eigenvalue weighted by atomic mass is 16.5. The third kappa shape index (κ3) is 55.8. The van der Waals surface area contributed by atoms with Crippen LogP contribution in [0, 0.1) is 0 Å². The lowest BCUT2D eigenvalue weighted by Gasteiger charge is -2.20. The molecule has 0 saturated heterocycles. The topological polar surface area (TPSA) is 95.9 Å². The summed E-state index contributed by atoms with van der Waals surface area (Å²) < 4.78 is 5.50. The summed E-state index contributed by atoms with van der Waals surface area (Å²) in [6, 6.07) is -0.624. The van der Waals surface area contributed by atoms with E-state index < -0.39 is 12.1 Å². The van der Waals surface area contributed by atoms with Crippen LogP contribution in [0.3, 0.4) is 0 Å². The number of aliphatic hydroxyl groups excluding tert-OH is 2. The number of allylic oxidation sites excluding steroid dienone is 1. The van der Waals surface area contributed by atoms with Gasteiger partial charge in [0.05, 0.1) is 25.4 Å². The van der Waals surface area contributed by atoms with Gasteiger partial charge in [0.1, 0.15) is 0 Å². The van der Waals surface area contributed by atoms with E-state index in [-0.39, 0.29) is 18.5 Å². The van der Waals surface area contributed by atoms with Crippen LogP contribution in [0.15, 0.2) is 12.2 Å². The van der Waals surface area contributed by atoms with Crippen molar-refractivity contribution >= 4 is 11.9 Å². The summed E-state index contributed by atoms with van der Waals surface area (Å²) in [6.07, 6.45) is 71.2. The van der Waals surface area contributed by atoms with E-state index in [0.29, 0.717) is 19.4 Å². The molecule has 0 aliphatic rings. The van der Waals surface area contributed by atoms with Crippen LogP contribution in [0.1, 0.15) is 354 Å². The number of ether oxygens (including phenoxy) is 1. The van der Waals surface area contributed by atoms with Gasteiger partial charge in [0.15, 0.2) is 0 Å². The highest BCUT2D eigenvalue weighted by molar-refractivity contribution is 5.76. The number of carbonyl (C=O) groups is 2. The third-order valence-electron chi connectivity index (χ3n) is 14.8. The summed E-state index contributed by atoms with van der Waals surface area (Å²) in [5.41, 5.74) is 0. The molecule has 0 spiro atoms. The van der Waals surface area contributed by atoms with Crippen molar-refractivity contribution in [2.45, 2.75) is 366 Å². The first-order valence-corrected chi connectivity index (χ1v) is 31.5.